The fourth-order valence-corrected chi connectivity index (χ4v) is 0. The molecule has 0 atom stereocenters. The lowest BCUT2D eigenvalue weighted by atomic mass is 12.5. The van der Waals surface area contributed by atoms with Gasteiger partial charge in [0.1, 0.15) is 0 Å². The Balaban J connectivity index is 2.80. The lowest BCUT2D eigenvalue weighted by Gasteiger charge is -1.62. The smallest absolute Gasteiger partial charge is 0.309 e. The lowest BCUT2D eigenvalue weighted by molar-refractivity contribution is 0.256. The fourth-order valence-electron chi connectivity index (χ4n) is 0. The number of primary amides is 2. The third-order valence-electron chi connectivity index (χ3n) is 0. The average molecular weight is 62.0 g/mol. The second-order valence-electron chi connectivity index (χ2n) is 0.402. The molecule has 0 radical (unpaired) electrons. The monoisotopic (exact) mass is 62.0 g/mol. The molecule has 4 N–H and O–H groups in total. The molecule has 0 heterocycles. The maximum absolute atomic E-state index is 9.00. The molecule has 0 saturated heterocycles. The molecule has 2 amide bonds. The van der Waals surface area contributed by atoms with E-state index in [9.17, 15) is 0 Å². The Hall–Kier alpha value is -0.730. The van der Waals surface area contributed by atoms with Crippen LogP contribution in [0.25, 0.3) is 0 Å². The van der Waals surface area contributed by atoms with Crippen LogP contribution in [-0.2, 0) is 0 Å². The maximum Gasteiger partial charge on any atom is 0.309 e. The highest BCUT2D eigenvalue weighted by atomic mass is 16.3. The predicted octanol–water partition coefficient (Wildman–Crippen LogP) is -0.976. The molecule has 3 nitrogen and oxygen atoms in total. The molecule has 0 aliphatic heterocycles. The summed E-state index contributed by atoms with van der Waals surface area (Å²) in [6, 6.07) is -0.833. The van der Waals surface area contributed by atoms with Gasteiger partial charge in [-0.05, 0) is 0 Å². The molecule has 4 heavy (non-hydrogen) atoms. The first-order chi connectivity index (χ1) is 1.73. The molecule has 0 unspecified atom stereocenters. The number of hydrogen-bond donors (Lipinski definition) is 2. The van der Waals surface area contributed by atoms with Crippen molar-refractivity contribution in [1.29, 1.82) is 0 Å². The van der Waals surface area contributed by atoms with Crippen LogP contribution in [0.4, 0.5) is 4.79 Å². The minimum absolute atomic E-state index is 0.833. The first-order valence-electron chi connectivity index (χ1n) is 0.781. The molecule has 0 aromatic rings. The molecule has 0 fully saturated rings. The number of amides is 2. The minimum atomic E-state index is -0.833. The Morgan fingerprint density at radius 2 is 1.50 bits per heavy atom. The first-order valence-corrected chi connectivity index (χ1v) is 0.781. The van der Waals surface area contributed by atoms with Gasteiger partial charge in [0, 0.05) is 0 Å². The van der Waals surface area contributed by atoms with Crippen molar-refractivity contribution < 1.29 is 4.79 Å². The molecule has 0 rings (SSSR count). The summed E-state index contributed by atoms with van der Waals surface area (Å²) < 4.78 is 0. The van der Waals surface area contributed by atoms with Gasteiger partial charge in [0.2, 0.25) is 0 Å². The summed E-state index contributed by atoms with van der Waals surface area (Å²) in [6.45, 7) is 0. The summed E-state index contributed by atoms with van der Waals surface area (Å²) in [5.74, 6) is 0. The summed E-state index contributed by atoms with van der Waals surface area (Å²) in [5.41, 5.74) is 8.50. The quantitative estimate of drug-likeness (QED) is 0.372. The van der Waals surface area contributed by atoms with Crippen molar-refractivity contribution in [2.75, 3.05) is 0 Å². The zero-order valence-corrected chi connectivity index (χ0v) is 2.06. The molecule has 0 saturated carbocycles. The van der Waals surface area contributed by atoms with E-state index in [0.29, 0.717) is 0 Å². The van der Waals surface area contributed by atoms with Gasteiger partial charge in [-0.1, -0.05) is 0 Å². The van der Waals surface area contributed by atoms with Gasteiger partial charge in [0.05, 0.1) is 0 Å². The van der Waals surface area contributed by atoms with E-state index < -0.39 is 6.03 Å². The van der Waals surface area contributed by atoms with E-state index in [-0.39, 0.29) is 0 Å². The summed E-state index contributed by atoms with van der Waals surface area (Å²) in [4.78, 5) is 9.00. The summed E-state index contributed by atoms with van der Waals surface area (Å²) >= 11 is 0. The Bertz CT molecular complexity index is 29.0. The van der Waals surface area contributed by atoms with Crippen molar-refractivity contribution in [3.05, 3.63) is 0 Å². The summed E-state index contributed by atoms with van der Waals surface area (Å²) in [7, 11) is 0. The Morgan fingerprint density at radius 3 is 1.50 bits per heavy atom. The van der Waals surface area contributed by atoms with Gasteiger partial charge >= 0.3 is 6.03 Å². The van der Waals surface area contributed by atoms with Crippen LogP contribution in [0.3, 0.4) is 0 Å². The van der Waals surface area contributed by atoms with Gasteiger partial charge in [-0.25, -0.2) is 4.79 Å². The molecule has 3 heteroatoms. The number of urea groups is 1. The zero-order chi connectivity index (χ0) is 3.58. The van der Waals surface area contributed by atoms with Crippen LogP contribution in [0.15, 0.2) is 0 Å². The Morgan fingerprint density at radius 1 is 1.50 bits per heavy atom. The predicted molar refractivity (Wildman–Crippen MR) is 13.8 cm³/mol. The number of rotatable bonds is 0. The summed E-state index contributed by atoms with van der Waals surface area (Å²) in [5, 5.41) is 0. The van der Waals surface area contributed by atoms with E-state index in [2.05, 4.69) is 11.5 Å². The minimum Gasteiger partial charge on any atom is -0.352 e. The topological polar surface area (TPSA) is 69.1 Å². The second-order valence-corrected chi connectivity index (χ2v) is 0.402. The van der Waals surface area contributed by atoms with Gasteiger partial charge in [-0.3, -0.25) is 0 Å². The normalized spacial score (nSPS) is 6.00. The largest absolute Gasteiger partial charge is 0.352 e. The van der Waals surface area contributed by atoms with E-state index in [0.717, 1.165) is 0 Å². The SMILES string of the molecule is N[14C](N)=O. The van der Waals surface area contributed by atoms with Crippen molar-refractivity contribution in [3.63, 3.8) is 0 Å². The van der Waals surface area contributed by atoms with Crippen molar-refractivity contribution in [1.82, 2.24) is 0 Å². The lowest BCUT2D eigenvalue weighted by Crippen LogP contribution is -2.18. The highest BCUT2D eigenvalue weighted by Crippen LogP contribution is 1.25. The van der Waals surface area contributed by atoms with Crippen LogP contribution in [0.5, 0.6) is 0 Å². The van der Waals surface area contributed by atoms with Crippen molar-refractivity contribution in [2.45, 2.75) is 0 Å². The van der Waals surface area contributed by atoms with E-state index in [1.165, 1.54) is 0 Å². The Kier molecular flexibility index (Phi) is 0.581. The molecular formula is CH4N2O. The Labute approximate surface area is 23.6 Å². The molecule has 0 aliphatic rings. The van der Waals surface area contributed by atoms with Crippen LogP contribution in [0.1, 0.15) is 0 Å². The van der Waals surface area contributed by atoms with Crippen LogP contribution in [-0.4, -0.2) is 6.03 Å². The van der Waals surface area contributed by atoms with E-state index in [1.54, 1.807) is 0 Å². The van der Waals surface area contributed by atoms with Crippen molar-refractivity contribution in [3.8, 4) is 0 Å². The van der Waals surface area contributed by atoms with Gasteiger partial charge < -0.3 is 11.5 Å². The highest BCUT2D eigenvalue weighted by molar-refractivity contribution is 5.69. The summed E-state index contributed by atoms with van der Waals surface area (Å²) in [6.07, 6.45) is 0. The van der Waals surface area contributed by atoms with Crippen LogP contribution in [0.2, 0.25) is 0 Å². The van der Waals surface area contributed by atoms with Gasteiger partial charge in [-0.2, -0.15) is 0 Å². The average Bonchev–Trinajstić information content (AvgIpc) is 0.811. The third-order valence-corrected chi connectivity index (χ3v) is 0. The number of nitrogens with two attached hydrogens (primary N) is 2. The van der Waals surface area contributed by atoms with Gasteiger partial charge in [-0.15, -0.1) is 0 Å². The standard InChI is InChI=1S/CH4N2O/c2-1(3)4/h(H4,2,3,4)/i1+2. The molecule has 0 aliphatic carbocycles. The van der Waals surface area contributed by atoms with Crippen molar-refractivity contribution >= 4 is 6.03 Å². The van der Waals surface area contributed by atoms with Crippen molar-refractivity contribution in [2.24, 2.45) is 11.5 Å². The fraction of sp³-hybridized carbons (Fsp3) is 0. The van der Waals surface area contributed by atoms with Crippen LogP contribution in [0, 0.1) is 0 Å². The second kappa shape index (κ2) is 0.711. The molecule has 0 bridgehead atoms. The molecule has 24 valence electrons. The molecule has 0 spiro atoms. The third kappa shape index (κ3) is 0.174. The number of carbonyl (C=O) groups excluding carboxylic acids is 1. The van der Waals surface area contributed by atoms with E-state index in [4.69, 9.17) is 4.79 Å². The molecule has 0 aromatic heterocycles. The van der Waals surface area contributed by atoms with Crippen LogP contribution >= 0.6 is 0 Å². The zero-order valence-electron chi connectivity index (χ0n) is 2.06. The van der Waals surface area contributed by atoms with E-state index >= 15 is 0 Å². The van der Waals surface area contributed by atoms with Gasteiger partial charge in [0.25, 0.3) is 0 Å². The highest BCUT2D eigenvalue weighted by Gasteiger charge is 1.60. The molecular weight excluding hydrogens is 58.0 g/mol. The maximum atomic E-state index is 9.00. The van der Waals surface area contributed by atoms with Crippen LogP contribution < -0.4 is 11.5 Å². The van der Waals surface area contributed by atoms with E-state index in [1.807, 2.05) is 0 Å². The number of carbonyl (C=O) groups is 1. The molecule has 0 aromatic carbocycles. The number of hydrogen-bond acceptors (Lipinski definition) is 1. The van der Waals surface area contributed by atoms with Gasteiger partial charge in [0.15, 0.2) is 0 Å². The first kappa shape index (κ1) is 3.27.